The average molecular weight is 442 g/mol. The van der Waals surface area contributed by atoms with Gasteiger partial charge in [0, 0.05) is 33.6 Å². The number of hydrogen-bond donors (Lipinski definition) is 2. The predicted octanol–water partition coefficient (Wildman–Crippen LogP) is 5.66. The summed E-state index contributed by atoms with van der Waals surface area (Å²) in [7, 11) is 0. The molecule has 0 unspecified atom stereocenters. The third-order valence-electron chi connectivity index (χ3n) is 5.56. The van der Waals surface area contributed by atoms with Gasteiger partial charge in [0.1, 0.15) is 5.75 Å². The van der Waals surface area contributed by atoms with Crippen LogP contribution in [0.25, 0.3) is 22.2 Å². The van der Waals surface area contributed by atoms with Crippen LogP contribution in [-0.2, 0) is 0 Å². The van der Waals surface area contributed by atoms with Crippen molar-refractivity contribution in [3.05, 3.63) is 52.5 Å². The SMILES string of the molecule is CCOc1cc(C(=O)NCCCN(CC)CC)ccc1-c1cc2cc(C)c(Cl)cc2[nH]1. The highest BCUT2D eigenvalue weighted by molar-refractivity contribution is 6.32. The molecule has 1 heterocycles. The molecule has 5 nitrogen and oxygen atoms in total. The van der Waals surface area contributed by atoms with Crippen LogP contribution in [-0.4, -0.2) is 48.6 Å². The number of benzene rings is 2. The zero-order valence-corrected chi connectivity index (χ0v) is 19.6. The Labute approximate surface area is 189 Å². The molecule has 0 atom stereocenters. The molecule has 2 aromatic carbocycles. The number of carbonyl (C=O) groups is 1. The number of nitrogens with one attached hydrogen (secondary N) is 2. The van der Waals surface area contributed by atoms with Gasteiger partial charge in [-0.15, -0.1) is 0 Å². The number of aromatic amines is 1. The van der Waals surface area contributed by atoms with Crippen LogP contribution in [0.2, 0.25) is 5.02 Å². The standard InChI is InChI=1S/C25H32ClN3O2/c1-5-29(6-2)12-8-11-27-25(30)18-9-10-20(24(15-18)31-7-3)23-14-19-13-17(4)21(26)16-22(19)28-23/h9-10,13-16,28H,5-8,11-12H2,1-4H3,(H,27,30). The summed E-state index contributed by atoms with van der Waals surface area (Å²) in [6.07, 6.45) is 0.931. The fourth-order valence-corrected chi connectivity index (χ4v) is 3.88. The van der Waals surface area contributed by atoms with Gasteiger partial charge >= 0.3 is 0 Å². The maximum absolute atomic E-state index is 12.6. The van der Waals surface area contributed by atoms with Gasteiger partial charge in [0.25, 0.3) is 5.91 Å². The smallest absolute Gasteiger partial charge is 0.251 e. The summed E-state index contributed by atoms with van der Waals surface area (Å²) in [5.74, 6) is 0.610. The van der Waals surface area contributed by atoms with Crippen molar-refractivity contribution in [1.29, 1.82) is 0 Å². The van der Waals surface area contributed by atoms with E-state index in [-0.39, 0.29) is 5.91 Å². The molecule has 0 saturated carbocycles. The molecule has 3 aromatic rings. The van der Waals surface area contributed by atoms with E-state index in [0.29, 0.717) is 24.5 Å². The van der Waals surface area contributed by atoms with Gasteiger partial charge in [0.15, 0.2) is 0 Å². The molecule has 6 heteroatoms. The van der Waals surface area contributed by atoms with E-state index >= 15 is 0 Å². The summed E-state index contributed by atoms with van der Waals surface area (Å²) in [6.45, 7) is 12.5. The Morgan fingerprint density at radius 3 is 2.61 bits per heavy atom. The van der Waals surface area contributed by atoms with Gasteiger partial charge in [0.05, 0.1) is 12.3 Å². The van der Waals surface area contributed by atoms with Crippen LogP contribution < -0.4 is 10.1 Å². The highest BCUT2D eigenvalue weighted by Crippen LogP contribution is 2.34. The molecule has 3 rings (SSSR count). The second-order valence-electron chi connectivity index (χ2n) is 7.65. The topological polar surface area (TPSA) is 57.4 Å². The number of carbonyl (C=O) groups excluding carboxylic acids is 1. The number of amides is 1. The Balaban J connectivity index is 1.77. The van der Waals surface area contributed by atoms with Crippen LogP contribution in [0.1, 0.15) is 43.1 Å². The minimum absolute atomic E-state index is 0.0777. The molecule has 31 heavy (non-hydrogen) atoms. The number of fused-ring (bicyclic) bond motifs is 1. The zero-order chi connectivity index (χ0) is 22.4. The van der Waals surface area contributed by atoms with Crippen LogP contribution in [0.15, 0.2) is 36.4 Å². The van der Waals surface area contributed by atoms with Gasteiger partial charge in [-0.25, -0.2) is 0 Å². The summed E-state index contributed by atoms with van der Waals surface area (Å²) in [4.78, 5) is 18.4. The fourth-order valence-electron chi connectivity index (χ4n) is 3.72. The first-order valence-corrected chi connectivity index (χ1v) is 11.4. The summed E-state index contributed by atoms with van der Waals surface area (Å²) >= 11 is 6.27. The van der Waals surface area contributed by atoms with Crippen LogP contribution in [0, 0.1) is 6.92 Å². The van der Waals surface area contributed by atoms with Crippen molar-refractivity contribution in [1.82, 2.24) is 15.2 Å². The quantitative estimate of drug-likeness (QED) is 0.399. The van der Waals surface area contributed by atoms with Gasteiger partial charge in [-0.2, -0.15) is 0 Å². The van der Waals surface area contributed by atoms with Gasteiger partial charge in [-0.1, -0.05) is 25.4 Å². The van der Waals surface area contributed by atoms with Gasteiger partial charge in [-0.05, 0) is 81.9 Å². The zero-order valence-electron chi connectivity index (χ0n) is 18.8. The van der Waals surface area contributed by atoms with E-state index in [1.165, 1.54) is 0 Å². The van der Waals surface area contributed by atoms with Crippen molar-refractivity contribution in [2.75, 3.05) is 32.8 Å². The van der Waals surface area contributed by atoms with Crippen LogP contribution in [0.3, 0.4) is 0 Å². The lowest BCUT2D eigenvalue weighted by molar-refractivity contribution is 0.0951. The first kappa shape index (κ1) is 23.2. The number of aromatic nitrogens is 1. The number of H-pyrrole nitrogens is 1. The molecule has 0 fully saturated rings. The summed E-state index contributed by atoms with van der Waals surface area (Å²) in [5, 5.41) is 4.85. The molecule has 1 aromatic heterocycles. The Hall–Kier alpha value is -2.50. The third-order valence-corrected chi connectivity index (χ3v) is 5.97. The van der Waals surface area contributed by atoms with Crippen LogP contribution in [0.5, 0.6) is 5.75 Å². The number of aryl methyl sites for hydroxylation is 1. The largest absolute Gasteiger partial charge is 0.493 e. The monoisotopic (exact) mass is 441 g/mol. The molecule has 0 radical (unpaired) electrons. The van der Waals surface area contributed by atoms with E-state index in [4.69, 9.17) is 16.3 Å². The Morgan fingerprint density at radius 2 is 1.90 bits per heavy atom. The van der Waals surface area contributed by atoms with Crippen molar-refractivity contribution < 1.29 is 9.53 Å². The fraction of sp³-hybridized carbons (Fsp3) is 0.400. The molecule has 0 bridgehead atoms. The Morgan fingerprint density at radius 1 is 1.13 bits per heavy atom. The molecule has 0 aliphatic carbocycles. The Kier molecular flexibility index (Phi) is 7.99. The predicted molar refractivity (Wildman–Crippen MR) is 129 cm³/mol. The number of rotatable bonds is 10. The minimum Gasteiger partial charge on any atom is -0.493 e. The van der Waals surface area contributed by atoms with Crippen molar-refractivity contribution in [2.45, 2.75) is 34.1 Å². The average Bonchev–Trinajstić information content (AvgIpc) is 3.16. The molecule has 2 N–H and O–H groups in total. The normalized spacial score (nSPS) is 11.3. The third kappa shape index (κ3) is 5.60. The molecule has 0 aliphatic rings. The first-order chi connectivity index (χ1) is 15.0. The number of halogens is 1. The van der Waals surface area contributed by atoms with Crippen molar-refractivity contribution in [3.8, 4) is 17.0 Å². The number of hydrogen-bond acceptors (Lipinski definition) is 3. The summed E-state index contributed by atoms with van der Waals surface area (Å²) < 4.78 is 5.88. The molecule has 0 spiro atoms. The van der Waals surface area contributed by atoms with Gasteiger partial charge in [-0.3, -0.25) is 4.79 Å². The van der Waals surface area contributed by atoms with Crippen molar-refractivity contribution >= 4 is 28.4 Å². The van der Waals surface area contributed by atoms with Gasteiger partial charge in [0.2, 0.25) is 0 Å². The van der Waals surface area contributed by atoms with Crippen molar-refractivity contribution in [3.63, 3.8) is 0 Å². The number of nitrogens with zero attached hydrogens (tertiary/aromatic N) is 1. The highest BCUT2D eigenvalue weighted by atomic mass is 35.5. The van der Waals surface area contributed by atoms with Crippen molar-refractivity contribution in [2.24, 2.45) is 0 Å². The number of ether oxygens (including phenoxy) is 1. The lowest BCUT2D eigenvalue weighted by atomic mass is 10.1. The summed E-state index contributed by atoms with van der Waals surface area (Å²) in [5.41, 5.74) is 4.47. The van der Waals surface area contributed by atoms with E-state index < -0.39 is 0 Å². The highest BCUT2D eigenvalue weighted by Gasteiger charge is 2.14. The molecule has 1 amide bonds. The lowest BCUT2D eigenvalue weighted by Gasteiger charge is -2.17. The van der Waals surface area contributed by atoms with Gasteiger partial charge < -0.3 is 19.9 Å². The maximum atomic E-state index is 12.6. The van der Waals surface area contributed by atoms with E-state index in [1.54, 1.807) is 0 Å². The van der Waals surface area contributed by atoms with Crippen LogP contribution in [0.4, 0.5) is 0 Å². The van der Waals surface area contributed by atoms with E-state index in [2.05, 4.69) is 41.2 Å². The van der Waals surface area contributed by atoms with E-state index in [9.17, 15) is 4.79 Å². The summed E-state index contributed by atoms with van der Waals surface area (Å²) in [6, 6.07) is 11.7. The maximum Gasteiger partial charge on any atom is 0.251 e. The molecule has 166 valence electrons. The molecule has 0 aliphatic heterocycles. The Bertz CT molecular complexity index is 1000. The van der Waals surface area contributed by atoms with E-state index in [0.717, 1.165) is 58.8 Å². The second-order valence-corrected chi connectivity index (χ2v) is 8.06. The minimum atomic E-state index is -0.0777. The van der Waals surface area contributed by atoms with Crippen LogP contribution >= 0.6 is 11.6 Å². The second kappa shape index (κ2) is 10.7. The van der Waals surface area contributed by atoms with E-state index in [1.807, 2.05) is 38.1 Å². The molecular formula is C25H32ClN3O2. The lowest BCUT2D eigenvalue weighted by Crippen LogP contribution is -2.29. The first-order valence-electron chi connectivity index (χ1n) is 11.0. The molecule has 0 saturated heterocycles. The molecular weight excluding hydrogens is 410 g/mol.